The molecule has 14 heavy (non-hydrogen) atoms. The minimum Gasteiger partial charge on any atom is -0.325 e. The molecule has 0 saturated heterocycles. The molecular formula is C9H9ClN4. The summed E-state index contributed by atoms with van der Waals surface area (Å²) in [6.45, 7) is 0.379. The molecule has 0 atom stereocenters. The number of hydrogen-bond acceptors (Lipinski definition) is 3. The summed E-state index contributed by atoms with van der Waals surface area (Å²) in [6.07, 6.45) is 1.77. The van der Waals surface area contributed by atoms with Crippen molar-refractivity contribution < 1.29 is 0 Å². The first-order valence-electron chi connectivity index (χ1n) is 4.17. The van der Waals surface area contributed by atoms with Crippen molar-refractivity contribution in [2.24, 2.45) is 5.73 Å². The lowest BCUT2D eigenvalue weighted by Crippen LogP contribution is -1.96. The largest absolute Gasteiger partial charge is 0.325 e. The highest BCUT2D eigenvalue weighted by molar-refractivity contribution is 6.32. The molecule has 0 amide bonds. The third-order valence-corrected chi connectivity index (χ3v) is 2.17. The first-order valence-corrected chi connectivity index (χ1v) is 4.55. The number of para-hydroxylation sites is 1. The molecule has 2 aromatic rings. The van der Waals surface area contributed by atoms with Gasteiger partial charge in [-0.05, 0) is 12.1 Å². The van der Waals surface area contributed by atoms with E-state index in [2.05, 4.69) is 10.3 Å². The van der Waals surface area contributed by atoms with Crippen molar-refractivity contribution in [2.45, 2.75) is 6.54 Å². The Bertz CT molecular complexity index is 438. The van der Waals surface area contributed by atoms with Gasteiger partial charge in [-0.25, -0.2) is 4.68 Å². The molecule has 0 radical (unpaired) electrons. The number of aromatic nitrogens is 3. The number of rotatable bonds is 2. The van der Waals surface area contributed by atoms with Crippen molar-refractivity contribution in [3.05, 3.63) is 41.2 Å². The van der Waals surface area contributed by atoms with Crippen molar-refractivity contribution in [1.82, 2.24) is 15.0 Å². The highest BCUT2D eigenvalue weighted by atomic mass is 35.5. The van der Waals surface area contributed by atoms with Gasteiger partial charge in [0.15, 0.2) is 0 Å². The van der Waals surface area contributed by atoms with Gasteiger partial charge in [0.1, 0.15) is 0 Å². The molecule has 0 saturated carbocycles. The van der Waals surface area contributed by atoms with E-state index in [9.17, 15) is 0 Å². The average molecular weight is 209 g/mol. The normalized spacial score (nSPS) is 10.4. The van der Waals surface area contributed by atoms with Crippen molar-refractivity contribution in [1.29, 1.82) is 0 Å². The van der Waals surface area contributed by atoms with Crippen LogP contribution in [0, 0.1) is 0 Å². The van der Waals surface area contributed by atoms with Gasteiger partial charge in [0.05, 0.1) is 22.6 Å². The zero-order chi connectivity index (χ0) is 9.97. The maximum Gasteiger partial charge on any atom is 0.0967 e. The Morgan fingerprint density at radius 1 is 1.36 bits per heavy atom. The Kier molecular flexibility index (Phi) is 2.47. The van der Waals surface area contributed by atoms with Crippen LogP contribution >= 0.6 is 11.6 Å². The van der Waals surface area contributed by atoms with Gasteiger partial charge < -0.3 is 5.73 Å². The van der Waals surface area contributed by atoms with Gasteiger partial charge in [-0.2, -0.15) is 0 Å². The van der Waals surface area contributed by atoms with Crippen LogP contribution in [-0.4, -0.2) is 15.0 Å². The second-order valence-corrected chi connectivity index (χ2v) is 3.22. The van der Waals surface area contributed by atoms with Crippen LogP contribution in [0.15, 0.2) is 30.5 Å². The third kappa shape index (κ3) is 1.62. The number of nitrogens with two attached hydrogens (primary N) is 1. The Hall–Kier alpha value is -1.39. The molecule has 72 valence electrons. The fraction of sp³-hybridized carbons (Fsp3) is 0.111. The average Bonchev–Trinajstić information content (AvgIpc) is 2.67. The monoisotopic (exact) mass is 208 g/mol. The molecule has 2 N–H and O–H groups in total. The molecule has 1 aromatic heterocycles. The van der Waals surface area contributed by atoms with Crippen LogP contribution in [0.4, 0.5) is 0 Å². The first kappa shape index (κ1) is 9.18. The van der Waals surface area contributed by atoms with Crippen molar-refractivity contribution >= 4 is 11.6 Å². The van der Waals surface area contributed by atoms with Gasteiger partial charge in [-0.15, -0.1) is 5.10 Å². The van der Waals surface area contributed by atoms with Crippen LogP contribution < -0.4 is 5.73 Å². The summed E-state index contributed by atoms with van der Waals surface area (Å²) in [6, 6.07) is 7.44. The molecule has 0 aliphatic rings. The van der Waals surface area contributed by atoms with Crippen LogP contribution in [0.3, 0.4) is 0 Å². The summed E-state index contributed by atoms with van der Waals surface area (Å²) in [5.41, 5.74) is 6.98. The summed E-state index contributed by atoms with van der Waals surface area (Å²) < 4.78 is 1.62. The standard InChI is InChI=1S/C9H9ClN4/c10-8-3-1-2-4-9(8)14-6-7(5-11)12-13-14/h1-4,6H,5,11H2. The third-order valence-electron chi connectivity index (χ3n) is 1.85. The topological polar surface area (TPSA) is 56.7 Å². The van der Waals surface area contributed by atoms with Gasteiger partial charge in [-0.1, -0.05) is 28.9 Å². The minimum absolute atomic E-state index is 0.379. The number of nitrogens with zero attached hydrogens (tertiary/aromatic N) is 3. The van der Waals surface area contributed by atoms with E-state index in [0.717, 1.165) is 11.4 Å². The van der Waals surface area contributed by atoms with Crippen LogP contribution in [0.25, 0.3) is 5.69 Å². The van der Waals surface area contributed by atoms with Crippen LogP contribution in [-0.2, 0) is 6.54 Å². The van der Waals surface area contributed by atoms with E-state index in [1.54, 1.807) is 16.9 Å². The Morgan fingerprint density at radius 3 is 2.79 bits per heavy atom. The summed E-state index contributed by atoms with van der Waals surface area (Å²) in [7, 11) is 0. The van der Waals surface area contributed by atoms with Gasteiger partial charge in [0.2, 0.25) is 0 Å². The fourth-order valence-corrected chi connectivity index (χ4v) is 1.37. The van der Waals surface area contributed by atoms with Gasteiger partial charge in [0.25, 0.3) is 0 Å². The highest BCUT2D eigenvalue weighted by Gasteiger charge is 2.03. The van der Waals surface area contributed by atoms with Crippen molar-refractivity contribution in [3.8, 4) is 5.69 Å². The number of hydrogen-bond donors (Lipinski definition) is 1. The summed E-state index contributed by atoms with van der Waals surface area (Å²) in [5, 5.41) is 8.44. The molecule has 1 heterocycles. The molecule has 4 nitrogen and oxygen atoms in total. The van der Waals surface area contributed by atoms with E-state index in [1.807, 2.05) is 18.2 Å². The first-order chi connectivity index (χ1) is 6.81. The van der Waals surface area contributed by atoms with Crippen LogP contribution in [0.1, 0.15) is 5.69 Å². The Labute approximate surface area is 86.3 Å². The van der Waals surface area contributed by atoms with E-state index >= 15 is 0 Å². The van der Waals surface area contributed by atoms with Gasteiger partial charge in [0, 0.05) is 6.54 Å². The predicted octanol–water partition coefficient (Wildman–Crippen LogP) is 1.38. The quantitative estimate of drug-likeness (QED) is 0.811. The molecule has 5 heteroatoms. The van der Waals surface area contributed by atoms with Gasteiger partial charge in [-0.3, -0.25) is 0 Å². The molecule has 0 unspecified atom stereocenters. The van der Waals surface area contributed by atoms with E-state index in [1.165, 1.54) is 0 Å². The lowest BCUT2D eigenvalue weighted by Gasteiger charge is -2.00. The SMILES string of the molecule is NCc1cn(-c2ccccc2Cl)nn1. The lowest BCUT2D eigenvalue weighted by atomic mass is 10.3. The summed E-state index contributed by atoms with van der Waals surface area (Å²) >= 11 is 5.99. The maximum atomic E-state index is 5.99. The van der Waals surface area contributed by atoms with E-state index in [4.69, 9.17) is 17.3 Å². The summed E-state index contributed by atoms with van der Waals surface area (Å²) in [4.78, 5) is 0. The van der Waals surface area contributed by atoms with Crippen molar-refractivity contribution in [2.75, 3.05) is 0 Å². The molecule has 0 fully saturated rings. The fourth-order valence-electron chi connectivity index (χ4n) is 1.15. The van der Waals surface area contributed by atoms with Crippen LogP contribution in [0.2, 0.25) is 5.02 Å². The number of benzene rings is 1. The molecule has 0 spiro atoms. The summed E-state index contributed by atoms with van der Waals surface area (Å²) in [5.74, 6) is 0. The Balaban J connectivity index is 2.44. The second-order valence-electron chi connectivity index (χ2n) is 2.81. The second kappa shape index (κ2) is 3.77. The molecule has 0 aliphatic carbocycles. The molecular weight excluding hydrogens is 200 g/mol. The molecule has 1 aromatic carbocycles. The minimum atomic E-state index is 0.379. The predicted molar refractivity (Wildman–Crippen MR) is 54.3 cm³/mol. The molecule has 2 rings (SSSR count). The lowest BCUT2D eigenvalue weighted by molar-refractivity contribution is 0.797. The zero-order valence-electron chi connectivity index (χ0n) is 7.39. The maximum absolute atomic E-state index is 5.99. The van der Waals surface area contributed by atoms with E-state index in [-0.39, 0.29) is 0 Å². The van der Waals surface area contributed by atoms with Gasteiger partial charge >= 0.3 is 0 Å². The van der Waals surface area contributed by atoms with E-state index in [0.29, 0.717) is 11.6 Å². The smallest absolute Gasteiger partial charge is 0.0967 e. The van der Waals surface area contributed by atoms with Crippen LogP contribution in [0.5, 0.6) is 0 Å². The molecule has 0 aliphatic heterocycles. The Morgan fingerprint density at radius 2 is 2.14 bits per heavy atom. The molecule has 0 bridgehead atoms. The highest BCUT2D eigenvalue weighted by Crippen LogP contribution is 2.18. The number of halogens is 1. The zero-order valence-corrected chi connectivity index (χ0v) is 8.15. The van der Waals surface area contributed by atoms with Crippen molar-refractivity contribution in [3.63, 3.8) is 0 Å². The van der Waals surface area contributed by atoms with E-state index < -0.39 is 0 Å².